The molecule has 0 aliphatic carbocycles. The number of rotatable bonds is 5. The second-order valence-corrected chi connectivity index (χ2v) is 7.38. The highest BCUT2D eigenvalue weighted by Crippen LogP contribution is 2.44. The summed E-state index contributed by atoms with van der Waals surface area (Å²) in [5.41, 5.74) is 1.99. The summed E-state index contributed by atoms with van der Waals surface area (Å²) in [5.74, 6) is 0.167. The van der Waals surface area contributed by atoms with Gasteiger partial charge < -0.3 is 24.0 Å². The Labute approximate surface area is 178 Å². The van der Waals surface area contributed by atoms with Gasteiger partial charge in [0.15, 0.2) is 17.2 Å². The molecule has 0 atom stereocenters. The summed E-state index contributed by atoms with van der Waals surface area (Å²) in [5, 5.41) is 11.5. The quantitative estimate of drug-likeness (QED) is 0.593. The van der Waals surface area contributed by atoms with Gasteiger partial charge in [0, 0.05) is 24.5 Å². The number of nitrogens with zero attached hydrogens (tertiary/aromatic N) is 2. The zero-order valence-electron chi connectivity index (χ0n) is 16.0. The molecule has 0 spiro atoms. The molecule has 6 nitrogen and oxygen atoms in total. The van der Waals surface area contributed by atoms with E-state index in [9.17, 15) is 9.90 Å². The van der Waals surface area contributed by atoms with E-state index < -0.39 is 5.97 Å². The Bertz CT molecular complexity index is 1110. The first-order valence-corrected chi connectivity index (χ1v) is 10.1. The molecule has 0 unspecified atom stereocenters. The lowest BCUT2D eigenvalue weighted by Crippen LogP contribution is -2.24. The molecule has 0 saturated heterocycles. The second kappa shape index (κ2) is 7.69. The van der Waals surface area contributed by atoms with Crippen molar-refractivity contribution in [2.24, 2.45) is 0 Å². The van der Waals surface area contributed by atoms with Crippen LogP contribution in [-0.2, 0) is 0 Å². The van der Waals surface area contributed by atoms with Crippen LogP contribution in [0.1, 0.15) is 24.3 Å². The molecular formula is C21H20Cl2N2O4. The smallest absolute Gasteiger partial charge is 0.355 e. The minimum Gasteiger partial charge on any atom is -0.486 e. The number of carbonyl (C=O) groups is 1. The molecule has 8 heteroatoms. The molecule has 0 bridgehead atoms. The van der Waals surface area contributed by atoms with Gasteiger partial charge in [0.1, 0.15) is 13.2 Å². The second-order valence-electron chi connectivity index (χ2n) is 6.59. The van der Waals surface area contributed by atoms with Gasteiger partial charge in [0.25, 0.3) is 0 Å². The standard InChI is InChI=1S/C21H20Cl2N2O4/c1-3-24(4-2)19-17-14(7-6-13(22)18(17)23)25(20(19)21(26)27)12-5-8-15-16(11-12)29-10-9-28-15/h5-8,11H,3-4,9-10H2,1-2H3,(H,26,27). The summed E-state index contributed by atoms with van der Waals surface area (Å²) in [4.78, 5) is 14.4. The Morgan fingerprint density at radius 3 is 2.45 bits per heavy atom. The number of anilines is 1. The number of carboxylic acid groups (broad SMARTS) is 1. The van der Waals surface area contributed by atoms with E-state index in [1.807, 2.05) is 24.8 Å². The van der Waals surface area contributed by atoms with Crippen molar-refractivity contribution in [3.05, 3.63) is 46.1 Å². The first-order valence-electron chi connectivity index (χ1n) is 9.38. The molecule has 0 radical (unpaired) electrons. The SMILES string of the molecule is CCN(CC)c1c(C(=O)O)n(-c2ccc3c(c2)OCCO3)c2ccc(Cl)c(Cl)c12. The van der Waals surface area contributed by atoms with Gasteiger partial charge in [0.05, 0.1) is 26.9 Å². The highest BCUT2D eigenvalue weighted by atomic mass is 35.5. The van der Waals surface area contributed by atoms with E-state index in [-0.39, 0.29) is 5.69 Å². The predicted molar refractivity (Wildman–Crippen MR) is 115 cm³/mol. The van der Waals surface area contributed by atoms with Crippen LogP contribution in [0.3, 0.4) is 0 Å². The molecule has 29 heavy (non-hydrogen) atoms. The molecular weight excluding hydrogens is 415 g/mol. The largest absolute Gasteiger partial charge is 0.486 e. The number of hydrogen-bond donors (Lipinski definition) is 1. The predicted octanol–water partition coefficient (Wildman–Crippen LogP) is 5.25. The third kappa shape index (κ3) is 3.16. The lowest BCUT2D eigenvalue weighted by Gasteiger charge is -2.22. The zero-order chi connectivity index (χ0) is 20.7. The number of benzene rings is 2. The fraction of sp³-hybridized carbons (Fsp3) is 0.286. The van der Waals surface area contributed by atoms with Crippen molar-refractivity contribution in [1.29, 1.82) is 0 Å². The van der Waals surface area contributed by atoms with Gasteiger partial charge in [-0.1, -0.05) is 23.2 Å². The van der Waals surface area contributed by atoms with Crippen LogP contribution >= 0.6 is 23.2 Å². The van der Waals surface area contributed by atoms with Crippen molar-refractivity contribution in [3.8, 4) is 17.2 Å². The van der Waals surface area contributed by atoms with Gasteiger partial charge in [-0.25, -0.2) is 4.79 Å². The molecule has 3 aromatic rings. The zero-order valence-corrected chi connectivity index (χ0v) is 17.5. The van der Waals surface area contributed by atoms with E-state index in [0.717, 1.165) is 0 Å². The number of halogens is 2. The summed E-state index contributed by atoms with van der Waals surface area (Å²) >= 11 is 12.9. The fourth-order valence-corrected chi connectivity index (χ4v) is 4.19. The monoisotopic (exact) mass is 434 g/mol. The topological polar surface area (TPSA) is 63.9 Å². The Balaban J connectivity index is 2.10. The van der Waals surface area contributed by atoms with Gasteiger partial charge in [-0.15, -0.1) is 0 Å². The number of fused-ring (bicyclic) bond motifs is 2. The van der Waals surface area contributed by atoms with Crippen LogP contribution in [0.25, 0.3) is 16.6 Å². The summed E-state index contributed by atoms with van der Waals surface area (Å²) in [6, 6.07) is 8.86. The first-order chi connectivity index (χ1) is 14.0. The summed E-state index contributed by atoms with van der Waals surface area (Å²) in [7, 11) is 0. The van der Waals surface area contributed by atoms with Crippen LogP contribution in [0.5, 0.6) is 11.5 Å². The minimum atomic E-state index is -1.05. The van der Waals surface area contributed by atoms with Crippen LogP contribution < -0.4 is 14.4 Å². The molecule has 4 rings (SSSR count). The third-order valence-corrected chi connectivity index (χ3v) is 5.87. The molecule has 2 heterocycles. The average Bonchev–Trinajstić information content (AvgIpc) is 3.07. The van der Waals surface area contributed by atoms with E-state index in [1.54, 1.807) is 28.8 Å². The van der Waals surface area contributed by atoms with Gasteiger partial charge in [-0.3, -0.25) is 0 Å². The molecule has 0 fully saturated rings. The highest BCUT2D eigenvalue weighted by Gasteiger charge is 2.29. The lowest BCUT2D eigenvalue weighted by molar-refractivity contribution is 0.0689. The molecule has 0 saturated carbocycles. The maximum Gasteiger partial charge on any atom is 0.355 e. The van der Waals surface area contributed by atoms with Gasteiger partial charge in [-0.2, -0.15) is 0 Å². The maximum atomic E-state index is 12.4. The summed E-state index contributed by atoms with van der Waals surface area (Å²) in [6.45, 7) is 6.13. The molecule has 1 aliphatic heterocycles. The van der Waals surface area contributed by atoms with Crippen molar-refractivity contribution < 1.29 is 19.4 Å². The number of aromatic nitrogens is 1. The van der Waals surface area contributed by atoms with E-state index in [1.165, 1.54) is 0 Å². The Morgan fingerprint density at radius 2 is 1.79 bits per heavy atom. The van der Waals surface area contributed by atoms with E-state index in [2.05, 4.69) is 0 Å². The van der Waals surface area contributed by atoms with E-state index in [4.69, 9.17) is 32.7 Å². The minimum absolute atomic E-state index is 0.129. The van der Waals surface area contributed by atoms with Crippen molar-refractivity contribution in [2.75, 3.05) is 31.2 Å². The van der Waals surface area contributed by atoms with Crippen LogP contribution in [-0.4, -0.2) is 41.9 Å². The number of ether oxygens (including phenoxy) is 2. The molecule has 1 aromatic heterocycles. The highest BCUT2D eigenvalue weighted by molar-refractivity contribution is 6.46. The van der Waals surface area contributed by atoms with Gasteiger partial charge in [-0.05, 0) is 38.1 Å². The Morgan fingerprint density at radius 1 is 1.10 bits per heavy atom. The van der Waals surface area contributed by atoms with Gasteiger partial charge in [0.2, 0.25) is 0 Å². The lowest BCUT2D eigenvalue weighted by atomic mass is 10.2. The average molecular weight is 435 g/mol. The summed E-state index contributed by atoms with van der Waals surface area (Å²) < 4.78 is 13.0. The Hall–Kier alpha value is -2.57. The van der Waals surface area contributed by atoms with Crippen LogP contribution in [0.4, 0.5) is 5.69 Å². The number of carboxylic acids is 1. The van der Waals surface area contributed by atoms with Crippen LogP contribution in [0.15, 0.2) is 30.3 Å². The van der Waals surface area contributed by atoms with Crippen molar-refractivity contribution in [2.45, 2.75) is 13.8 Å². The normalized spacial score (nSPS) is 13.0. The molecule has 2 aromatic carbocycles. The fourth-order valence-electron chi connectivity index (χ4n) is 3.78. The molecule has 0 amide bonds. The van der Waals surface area contributed by atoms with E-state index in [0.29, 0.717) is 70.1 Å². The molecule has 1 N–H and O–H groups in total. The summed E-state index contributed by atoms with van der Waals surface area (Å²) in [6.07, 6.45) is 0. The third-order valence-electron chi connectivity index (χ3n) is 5.06. The van der Waals surface area contributed by atoms with Crippen molar-refractivity contribution in [1.82, 2.24) is 4.57 Å². The molecule has 152 valence electrons. The van der Waals surface area contributed by atoms with Gasteiger partial charge >= 0.3 is 5.97 Å². The maximum absolute atomic E-state index is 12.4. The number of hydrogen-bond acceptors (Lipinski definition) is 4. The van der Waals surface area contributed by atoms with Crippen molar-refractivity contribution >= 4 is 45.8 Å². The van der Waals surface area contributed by atoms with Crippen molar-refractivity contribution in [3.63, 3.8) is 0 Å². The van der Waals surface area contributed by atoms with Crippen LogP contribution in [0.2, 0.25) is 10.0 Å². The van der Waals surface area contributed by atoms with E-state index >= 15 is 0 Å². The first kappa shape index (κ1) is 19.7. The number of aromatic carboxylic acids is 1. The Kier molecular flexibility index (Phi) is 5.23. The van der Waals surface area contributed by atoms with Crippen LogP contribution in [0, 0.1) is 0 Å². The molecule has 1 aliphatic rings.